The van der Waals surface area contributed by atoms with E-state index in [2.05, 4.69) is 10.6 Å². The summed E-state index contributed by atoms with van der Waals surface area (Å²) in [5.74, 6) is 2.46. The second-order valence-electron chi connectivity index (χ2n) is 10.4. The van der Waals surface area contributed by atoms with Crippen LogP contribution in [0.15, 0.2) is 0 Å². The maximum Gasteiger partial charge on any atom is 0.408 e. The normalized spacial score (nSPS) is 33.9. The summed E-state index contributed by atoms with van der Waals surface area (Å²) in [6.07, 6.45) is 6.73. The number of carbonyl (C=O) groups excluding carboxylic acids is 2. The van der Waals surface area contributed by atoms with Gasteiger partial charge in [-0.15, -0.1) is 0 Å². The number of carbonyl (C=O) groups is 2. The summed E-state index contributed by atoms with van der Waals surface area (Å²) in [4.78, 5) is 25.0. The number of amides is 2. The number of ether oxygens (including phenoxy) is 1. The minimum Gasteiger partial charge on any atom is -0.444 e. The van der Waals surface area contributed by atoms with E-state index in [1.807, 2.05) is 34.6 Å². The molecule has 0 saturated heterocycles. The standard InChI is InChI=1S/C20H34N2O3/c1-18(2,3)25-17(24)22-19(4,5)12-21-16(23)20-9-13-6-14(10-20)8-15(7-13)11-20/h13-15H,6-12H2,1-5H3,(H,21,23)(H,22,24). The number of alkyl carbamates (subject to hydrolysis) is 1. The first-order valence-corrected chi connectivity index (χ1v) is 9.76. The molecule has 0 aromatic heterocycles. The van der Waals surface area contributed by atoms with E-state index in [9.17, 15) is 9.59 Å². The van der Waals surface area contributed by atoms with Crippen LogP contribution in [0.1, 0.15) is 73.1 Å². The second-order valence-corrected chi connectivity index (χ2v) is 10.4. The summed E-state index contributed by atoms with van der Waals surface area (Å²) in [6, 6.07) is 0. The van der Waals surface area contributed by atoms with E-state index >= 15 is 0 Å². The van der Waals surface area contributed by atoms with Crippen LogP contribution in [0.3, 0.4) is 0 Å². The zero-order valence-corrected chi connectivity index (χ0v) is 16.4. The monoisotopic (exact) mass is 350 g/mol. The van der Waals surface area contributed by atoms with Gasteiger partial charge in [0.25, 0.3) is 0 Å². The number of rotatable bonds is 4. The average molecular weight is 351 g/mol. The highest BCUT2D eigenvalue weighted by molar-refractivity contribution is 5.83. The van der Waals surface area contributed by atoms with Crippen LogP contribution in [-0.2, 0) is 9.53 Å². The first-order valence-electron chi connectivity index (χ1n) is 9.76. The van der Waals surface area contributed by atoms with Gasteiger partial charge in [-0.05, 0) is 90.9 Å². The summed E-state index contributed by atoms with van der Waals surface area (Å²) in [6.45, 7) is 9.78. The van der Waals surface area contributed by atoms with Crippen LogP contribution in [0, 0.1) is 23.2 Å². The Balaban J connectivity index is 1.54. The minimum absolute atomic E-state index is 0.142. The van der Waals surface area contributed by atoms with Gasteiger partial charge in [0, 0.05) is 12.0 Å². The van der Waals surface area contributed by atoms with Crippen molar-refractivity contribution in [2.45, 2.75) is 84.3 Å². The van der Waals surface area contributed by atoms with Crippen LogP contribution < -0.4 is 10.6 Å². The molecule has 4 bridgehead atoms. The molecule has 0 aliphatic heterocycles. The van der Waals surface area contributed by atoms with Crippen molar-refractivity contribution >= 4 is 12.0 Å². The second kappa shape index (κ2) is 6.17. The van der Waals surface area contributed by atoms with E-state index in [4.69, 9.17) is 4.74 Å². The molecule has 4 rings (SSSR count). The lowest BCUT2D eigenvalue weighted by atomic mass is 9.49. The Morgan fingerprint density at radius 3 is 1.88 bits per heavy atom. The fraction of sp³-hybridized carbons (Fsp3) is 0.900. The Kier molecular flexibility index (Phi) is 4.57. The van der Waals surface area contributed by atoms with Gasteiger partial charge < -0.3 is 15.4 Å². The Labute approximate surface area is 151 Å². The highest BCUT2D eigenvalue weighted by atomic mass is 16.6. The topological polar surface area (TPSA) is 67.4 Å². The maximum atomic E-state index is 13.0. The highest BCUT2D eigenvalue weighted by Crippen LogP contribution is 2.60. The van der Waals surface area contributed by atoms with Crippen LogP contribution in [-0.4, -0.2) is 29.7 Å². The molecule has 4 aliphatic rings. The Morgan fingerprint density at radius 1 is 0.960 bits per heavy atom. The molecule has 0 heterocycles. The predicted molar refractivity (Wildman–Crippen MR) is 97.1 cm³/mol. The van der Waals surface area contributed by atoms with Crippen molar-refractivity contribution in [3.05, 3.63) is 0 Å². The summed E-state index contributed by atoms with van der Waals surface area (Å²) in [5.41, 5.74) is -1.21. The molecule has 25 heavy (non-hydrogen) atoms. The molecule has 5 nitrogen and oxygen atoms in total. The minimum atomic E-state index is -0.541. The summed E-state index contributed by atoms with van der Waals surface area (Å²) < 4.78 is 5.32. The van der Waals surface area contributed by atoms with Gasteiger partial charge in [0.15, 0.2) is 0 Å². The molecule has 0 atom stereocenters. The first kappa shape index (κ1) is 18.5. The molecule has 4 saturated carbocycles. The SMILES string of the molecule is CC(C)(CNC(=O)C12CC3CC(CC(C3)C1)C2)NC(=O)OC(C)(C)C. The molecule has 5 heteroatoms. The molecule has 4 fully saturated rings. The zero-order chi connectivity index (χ0) is 18.5. The molecule has 2 N–H and O–H groups in total. The number of hydrogen-bond donors (Lipinski definition) is 2. The van der Waals surface area contributed by atoms with Crippen molar-refractivity contribution in [1.29, 1.82) is 0 Å². The van der Waals surface area contributed by atoms with Gasteiger partial charge in [-0.1, -0.05) is 0 Å². The predicted octanol–water partition coefficient (Wildman–Crippen LogP) is 3.62. The molecule has 0 radical (unpaired) electrons. The fourth-order valence-electron chi connectivity index (χ4n) is 5.50. The van der Waals surface area contributed by atoms with Crippen molar-refractivity contribution in [1.82, 2.24) is 10.6 Å². The van der Waals surface area contributed by atoms with Gasteiger partial charge in [-0.3, -0.25) is 4.79 Å². The van der Waals surface area contributed by atoms with Crippen LogP contribution >= 0.6 is 0 Å². The van der Waals surface area contributed by atoms with Crippen LogP contribution in [0.25, 0.3) is 0 Å². The number of nitrogens with one attached hydrogen (secondary N) is 2. The van der Waals surface area contributed by atoms with Crippen molar-refractivity contribution in [2.75, 3.05) is 6.54 Å². The lowest BCUT2D eigenvalue weighted by molar-refractivity contribution is -0.146. The number of hydrogen-bond acceptors (Lipinski definition) is 3. The van der Waals surface area contributed by atoms with E-state index in [0.717, 1.165) is 37.0 Å². The lowest BCUT2D eigenvalue weighted by Gasteiger charge is -2.55. The lowest BCUT2D eigenvalue weighted by Crippen LogP contribution is -2.57. The Hall–Kier alpha value is -1.26. The van der Waals surface area contributed by atoms with Crippen molar-refractivity contribution < 1.29 is 14.3 Å². The molecule has 0 unspecified atom stereocenters. The Morgan fingerprint density at radius 2 is 1.44 bits per heavy atom. The molecule has 0 aromatic rings. The summed E-state index contributed by atoms with van der Waals surface area (Å²) in [5, 5.41) is 6.01. The summed E-state index contributed by atoms with van der Waals surface area (Å²) in [7, 11) is 0. The maximum absolute atomic E-state index is 13.0. The molecular weight excluding hydrogens is 316 g/mol. The van der Waals surface area contributed by atoms with Gasteiger partial charge in [-0.2, -0.15) is 0 Å². The third kappa shape index (κ3) is 4.29. The van der Waals surface area contributed by atoms with E-state index in [-0.39, 0.29) is 11.3 Å². The smallest absolute Gasteiger partial charge is 0.408 e. The third-order valence-corrected chi connectivity index (χ3v) is 6.05. The molecule has 0 spiro atoms. The quantitative estimate of drug-likeness (QED) is 0.814. The molecule has 0 aromatic carbocycles. The van der Waals surface area contributed by atoms with Gasteiger partial charge in [0.2, 0.25) is 5.91 Å². The van der Waals surface area contributed by atoms with Gasteiger partial charge in [0.05, 0.1) is 5.54 Å². The van der Waals surface area contributed by atoms with E-state index in [1.165, 1.54) is 19.3 Å². The molecular formula is C20H34N2O3. The summed E-state index contributed by atoms with van der Waals surface area (Å²) >= 11 is 0. The molecule has 4 aliphatic carbocycles. The van der Waals surface area contributed by atoms with Crippen molar-refractivity contribution in [3.63, 3.8) is 0 Å². The van der Waals surface area contributed by atoms with Crippen molar-refractivity contribution in [2.24, 2.45) is 23.2 Å². The molecule has 2 amide bonds. The Bertz CT molecular complexity index is 512. The van der Waals surface area contributed by atoms with Gasteiger partial charge >= 0.3 is 6.09 Å². The highest BCUT2D eigenvalue weighted by Gasteiger charge is 2.54. The van der Waals surface area contributed by atoms with Crippen LogP contribution in [0.5, 0.6) is 0 Å². The fourth-order valence-corrected chi connectivity index (χ4v) is 5.50. The zero-order valence-electron chi connectivity index (χ0n) is 16.4. The molecule has 142 valence electrons. The van der Waals surface area contributed by atoms with Crippen LogP contribution in [0.2, 0.25) is 0 Å². The van der Waals surface area contributed by atoms with Gasteiger partial charge in [0.1, 0.15) is 5.60 Å². The average Bonchev–Trinajstić information content (AvgIpc) is 2.40. The largest absolute Gasteiger partial charge is 0.444 e. The third-order valence-electron chi connectivity index (χ3n) is 6.05. The van der Waals surface area contributed by atoms with Gasteiger partial charge in [-0.25, -0.2) is 4.79 Å². The first-order chi connectivity index (χ1) is 11.5. The van der Waals surface area contributed by atoms with E-state index < -0.39 is 17.2 Å². The van der Waals surface area contributed by atoms with E-state index in [0.29, 0.717) is 6.54 Å². The van der Waals surface area contributed by atoms with Crippen LogP contribution in [0.4, 0.5) is 4.79 Å². The van der Waals surface area contributed by atoms with Crippen molar-refractivity contribution in [3.8, 4) is 0 Å². The van der Waals surface area contributed by atoms with E-state index in [1.54, 1.807) is 0 Å².